The van der Waals surface area contributed by atoms with E-state index in [1.807, 2.05) is 0 Å². The zero-order chi connectivity index (χ0) is 23.0. The topological polar surface area (TPSA) is 112 Å². The standard InChI is InChI=1S/C20H14Cl2N4O4S2/c1-32(28,29)20-25-26-17(23)15(18(27)24-19(26)31-20)8-11-2-6-14(7-3-11)30-10-12-4-5-13(21)9-16(12)22/h2-9,23H,10H2,1H3/b15-8-,23-17?. The van der Waals surface area contributed by atoms with Gasteiger partial charge in [-0.15, -0.1) is 5.10 Å². The lowest BCUT2D eigenvalue weighted by molar-refractivity contribution is -0.114. The fourth-order valence-electron chi connectivity index (χ4n) is 2.75. The highest BCUT2D eigenvalue weighted by Gasteiger charge is 2.38. The molecule has 0 spiro atoms. The SMILES string of the molecule is CS(=O)(=O)C1=NN2C(=N)/C(=C/c3ccc(OCc4ccc(Cl)cc4Cl)cc3)C(=O)N=C2S1. The second-order valence-corrected chi connectivity index (χ2v) is 10.7. The number of hydrogen-bond acceptors (Lipinski definition) is 7. The van der Waals surface area contributed by atoms with Crippen molar-refractivity contribution in [3.8, 4) is 5.75 Å². The Balaban J connectivity index is 1.50. The quantitative estimate of drug-likeness (QED) is 0.619. The van der Waals surface area contributed by atoms with Crippen LogP contribution in [-0.2, 0) is 21.2 Å². The van der Waals surface area contributed by atoms with Crippen molar-refractivity contribution < 1.29 is 17.9 Å². The number of carbonyl (C=O) groups is 1. The highest BCUT2D eigenvalue weighted by atomic mass is 35.5. The van der Waals surface area contributed by atoms with Gasteiger partial charge in [0, 0.05) is 21.9 Å². The second kappa shape index (κ2) is 8.70. The highest BCUT2D eigenvalue weighted by Crippen LogP contribution is 2.30. The molecular formula is C20H14Cl2N4O4S2. The molecule has 2 aromatic rings. The first-order valence-corrected chi connectivity index (χ1v) is 12.5. The van der Waals surface area contributed by atoms with Gasteiger partial charge in [0.15, 0.2) is 5.84 Å². The summed E-state index contributed by atoms with van der Waals surface area (Å²) < 4.78 is 29.0. The van der Waals surface area contributed by atoms with Crippen LogP contribution in [0, 0.1) is 5.41 Å². The third-order valence-corrected chi connectivity index (χ3v) is 7.52. The van der Waals surface area contributed by atoms with E-state index in [1.165, 1.54) is 6.08 Å². The van der Waals surface area contributed by atoms with Gasteiger partial charge in [-0.05, 0) is 47.7 Å². The molecule has 32 heavy (non-hydrogen) atoms. The first-order chi connectivity index (χ1) is 15.1. The van der Waals surface area contributed by atoms with E-state index in [1.54, 1.807) is 42.5 Å². The molecule has 2 heterocycles. The third-order valence-electron chi connectivity index (χ3n) is 4.35. The van der Waals surface area contributed by atoms with Crippen molar-refractivity contribution in [1.29, 1.82) is 5.41 Å². The van der Waals surface area contributed by atoms with Gasteiger partial charge in [-0.3, -0.25) is 10.2 Å². The number of benzene rings is 2. The van der Waals surface area contributed by atoms with E-state index in [-0.39, 0.29) is 27.6 Å². The Morgan fingerprint density at radius 3 is 2.56 bits per heavy atom. The Labute approximate surface area is 198 Å². The molecule has 1 N–H and O–H groups in total. The Kier molecular flexibility index (Phi) is 6.13. The minimum absolute atomic E-state index is 0.00512. The van der Waals surface area contributed by atoms with E-state index < -0.39 is 15.7 Å². The van der Waals surface area contributed by atoms with E-state index in [0.29, 0.717) is 21.4 Å². The summed E-state index contributed by atoms with van der Waals surface area (Å²) in [5, 5.41) is 14.3. The number of hydrazone groups is 1. The van der Waals surface area contributed by atoms with Crippen LogP contribution in [0.5, 0.6) is 5.75 Å². The molecule has 0 aromatic heterocycles. The maximum absolute atomic E-state index is 12.4. The number of ether oxygens (including phenoxy) is 1. The largest absolute Gasteiger partial charge is 0.489 e. The number of thioether (sulfide) groups is 1. The second-order valence-electron chi connectivity index (χ2n) is 6.75. The van der Waals surface area contributed by atoms with Gasteiger partial charge in [0.2, 0.25) is 19.4 Å². The number of aliphatic imine (C=N–C) groups is 1. The monoisotopic (exact) mass is 508 g/mol. The predicted molar refractivity (Wildman–Crippen MR) is 127 cm³/mol. The summed E-state index contributed by atoms with van der Waals surface area (Å²) in [5.41, 5.74) is 1.41. The molecule has 2 aromatic carbocycles. The minimum atomic E-state index is -3.58. The van der Waals surface area contributed by atoms with E-state index in [2.05, 4.69) is 10.1 Å². The summed E-state index contributed by atoms with van der Waals surface area (Å²) in [5.74, 6) is -0.304. The van der Waals surface area contributed by atoms with Crippen LogP contribution in [-0.4, -0.2) is 41.0 Å². The van der Waals surface area contributed by atoms with Gasteiger partial charge < -0.3 is 4.74 Å². The molecule has 0 bridgehead atoms. The molecule has 1 amide bonds. The smallest absolute Gasteiger partial charge is 0.283 e. The number of nitrogens with one attached hydrogen (secondary N) is 1. The van der Waals surface area contributed by atoms with Crippen molar-refractivity contribution >= 4 is 72.2 Å². The maximum Gasteiger partial charge on any atom is 0.283 e. The number of amidine groups is 2. The Morgan fingerprint density at radius 2 is 1.91 bits per heavy atom. The van der Waals surface area contributed by atoms with Gasteiger partial charge in [0.05, 0.1) is 5.57 Å². The normalized spacial score (nSPS) is 17.3. The molecular weight excluding hydrogens is 495 g/mol. The van der Waals surface area contributed by atoms with E-state index in [9.17, 15) is 13.2 Å². The van der Waals surface area contributed by atoms with Crippen LogP contribution in [0.4, 0.5) is 0 Å². The average Bonchev–Trinajstić information content (AvgIpc) is 3.16. The number of hydrogen-bond donors (Lipinski definition) is 1. The number of carbonyl (C=O) groups excluding carboxylic acids is 1. The van der Waals surface area contributed by atoms with Gasteiger partial charge in [0.25, 0.3) is 5.91 Å². The zero-order valence-electron chi connectivity index (χ0n) is 16.4. The van der Waals surface area contributed by atoms with Crippen LogP contribution in [0.15, 0.2) is 58.1 Å². The Morgan fingerprint density at radius 1 is 1.19 bits per heavy atom. The lowest BCUT2D eigenvalue weighted by Gasteiger charge is -2.20. The molecule has 0 aliphatic carbocycles. The van der Waals surface area contributed by atoms with Gasteiger partial charge >= 0.3 is 0 Å². The lowest BCUT2D eigenvalue weighted by atomic mass is 10.1. The first-order valence-electron chi connectivity index (χ1n) is 8.99. The van der Waals surface area contributed by atoms with Crippen molar-refractivity contribution in [2.24, 2.45) is 10.1 Å². The molecule has 0 saturated carbocycles. The van der Waals surface area contributed by atoms with E-state index in [0.717, 1.165) is 28.6 Å². The molecule has 164 valence electrons. The van der Waals surface area contributed by atoms with Crippen molar-refractivity contribution in [2.45, 2.75) is 6.61 Å². The van der Waals surface area contributed by atoms with Crippen LogP contribution in [0.25, 0.3) is 6.08 Å². The molecule has 12 heteroatoms. The van der Waals surface area contributed by atoms with Gasteiger partial charge in [-0.1, -0.05) is 41.4 Å². The molecule has 0 fully saturated rings. The van der Waals surface area contributed by atoms with Gasteiger partial charge in [0.1, 0.15) is 12.4 Å². The highest BCUT2D eigenvalue weighted by molar-refractivity contribution is 8.42. The number of amides is 1. The molecule has 0 radical (unpaired) electrons. The van der Waals surface area contributed by atoms with Gasteiger partial charge in [-0.2, -0.15) is 10.0 Å². The third kappa shape index (κ3) is 4.73. The molecule has 4 rings (SSSR count). The van der Waals surface area contributed by atoms with Crippen LogP contribution in [0.1, 0.15) is 11.1 Å². The molecule has 0 atom stereocenters. The van der Waals surface area contributed by atoms with Crippen LogP contribution in [0.3, 0.4) is 0 Å². The number of halogens is 2. The van der Waals surface area contributed by atoms with Crippen LogP contribution >= 0.6 is 35.0 Å². The summed E-state index contributed by atoms with van der Waals surface area (Å²) in [7, 11) is -3.58. The predicted octanol–water partition coefficient (Wildman–Crippen LogP) is 4.19. The number of nitrogens with zero attached hydrogens (tertiary/aromatic N) is 3. The molecule has 0 unspecified atom stereocenters. The molecule has 2 aliphatic heterocycles. The van der Waals surface area contributed by atoms with Crippen molar-refractivity contribution in [3.05, 3.63) is 69.2 Å². The van der Waals surface area contributed by atoms with E-state index >= 15 is 0 Å². The summed E-state index contributed by atoms with van der Waals surface area (Å²) >= 11 is 12.8. The average molecular weight is 509 g/mol. The Hall–Kier alpha value is -2.66. The van der Waals surface area contributed by atoms with E-state index in [4.69, 9.17) is 33.3 Å². The number of fused-ring (bicyclic) bond motifs is 1. The summed E-state index contributed by atoms with van der Waals surface area (Å²) in [6.45, 7) is 0.254. The minimum Gasteiger partial charge on any atom is -0.489 e. The van der Waals surface area contributed by atoms with Gasteiger partial charge in [-0.25, -0.2) is 8.42 Å². The molecule has 8 nitrogen and oxygen atoms in total. The summed E-state index contributed by atoms with van der Waals surface area (Å²) in [4.78, 5) is 16.3. The van der Waals surface area contributed by atoms with Crippen molar-refractivity contribution in [2.75, 3.05) is 6.26 Å². The number of sulfone groups is 1. The lowest BCUT2D eigenvalue weighted by Crippen LogP contribution is -2.35. The fourth-order valence-corrected chi connectivity index (χ4v) is 4.90. The molecule has 0 saturated heterocycles. The van der Waals surface area contributed by atoms with Crippen molar-refractivity contribution in [3.63, 3.8) is 0 Å². The first kappa shape index (κ1) is 22.5. The number of rotatable bonds is 4. The zero-order valence-corrected chi connectivity index (χ0v) is 19.5. The molecule has 2 aliphatic rings. The fraction of sp³-hybridized carbons (Fsp3) is 0.100. The van der Waals surface area contributed by atoms with Crippen molar-refractivity contribution in [1.82, 2.24) is 5.01 Å². The summed E-state index contributed by atoms with van der Waals surface area (Å²) in [6.07, 6.45) is 2.49. The Bertz CT molecular complexity index is 1340. The summed E-state index contributed by atoms with van der Waals surface area (Å²) in [6, 6.07) is 12.0. The maximum atomic E-state index is 12.4. The van der Waals surface area contributed by atoms with Crippen LogP contribution < -0.4 is 4.74 Å². The van der Waals surface area contributed by atoms with Crippen LogP contribution in [0.2, 0.25) is 10.0 Å².